The molecule has 0 spiro atoms. The lowest BCUT2D eigenvalue weighted by Crippen LogP contribution is -2.09. The van der Waals surface area contributed by atoms with Crippen molar-refractivity contribution in [2.24, 2.45) is 5.73 Å². The summed E-state index contributed by atoms with van der Waals surface area (Å²) >= 11 is 6.23. The summed E-state index contributed by atoms with van der Waals surface area (Å²) in [5.74, 6) is 0.530. The van der Waals surface area contributed by atoms with Crippen molar-refractivity contribution in [3.8, 4) is 6.07 Å². The maximum atomic E-state index is 8.85. The highest BCUT2D eigenvalue weighted by Crippen LogP contribution is 2.28. The molecule has 6 N–H and O–H groups in total. The number of nitrogens with one attached hydrogen (secondary N) is 2. The first kappa shape index (κ1) is 17.4. The molecule has 9 heteroatoms. The lowest BCUT2D eigenvalue weighted by Gasteiger charge is -2.13. The third-order valence-electron chi connectivity index (χ3n) is 3.48. The van der Waals surface area contributed by atoms with Gasteiger partial charge in [0, 0.05) is 12.2 Å². The van der Waals surface area contributed by atoms with Crippen LogP contribution >= 0.6 is 11.6 Å². The lowest BCUT2D eigenvalue weighted by atomic mass is 10.2. The van der Waals surface area contributed by atoms with Crippen LogP contribution < -0.4 is 22.1 Å². The van der Waals surface area contributed by atoms with Crippen molar-refractivity contribution in [2.75, 3.05) is 16.4 Å². The van der Waals surface area contributed by atoms with Crippen LogP contribution in [0.25, 0.3) is 0 Å². The van der Waals surface area contributed by atoms with Crippen LogP contribution in [0.4, 0.5) is 29.2 Å². The number of aromatic nitrogens is 3. The number of hydrogen-bond acceptors (Lipinski definition) is 8. The zero-order valence-electron chi connectivity index (χ0n) is 13.6. The normalized spacial score (nSPS) is 10.2. The van der Waals surface area contributed by atoms with Gasteiger partial charge in [0.2, 0.25) is 17.8 Å². The Labute approximate surface area is 154 Å². The number of halogens is 1. The molecule has 2 aromatic carbocycles. The number of nitrogens with two attached hydrogens (primary N) is 2. The van der Waals surface area contributed by atoms with Crippen LogP contribution in [-0.2, 0) is 6.54 Å². The molecule has 0 fully saturated rings. The first-order chi connectivity index (χ1) is 12.6. The molecule has 0 saturated carbocycles. The summed E-state index contributed by atoms with van der Waals surface area (Å²) in [6.45, 7) is 0.305. The van der Waals surface area contributed by atoms with Crippen LogP contribution in [0.2, 0.25) is 5.02 Å². The number of nitriles is 1. The summed E-state index contributed by atoms with van der Waals surface area (Å²) in [7, 11) is 0. The second kappa shape index (κ2) is 7.65. The fourth-order valence-corrected chi connectivity index (χ4v) is 2.49. The molecule has 8 nitrogen and oxygen atoms in total. The Bertz CT molecular complexity index is 965. The molecule has 0 aliphatic rings. The highest BCUT2D eigenvalue weighted by atomic mass is 35.5. The Morgan fingerprint density at radius 1 is 1.00 bits per heavy atom. The summed E-state index contributed by atoms with van der Waals surface area (Å²) < 4.78 is 0. The SMILES string of the molecule is N#Cc1ccc(Nc2nc(N)nc(Nc3c(Cl)cccc3CN)n2)cc1. The Balaban J connectivity index is 1.87. The minimum Gasteiger partial charge on any atom is -0.368 e. The standard InChI is InChI=1S/C17H15ClN8/c18-13-3-1-2-11(9-20)14(13)23-17-25-15(21)24-16(26-17)22-12-6-4-10(8-19)5-7-12/h1-7H,9,20H2,(H4,21,22,23,24,25,26). The molecule has 0 aliphatic carbocycles. The maximum absolute atomic E-state index is 8.85. The van der Waals surface area contributed by atoms with Crippen molar-refractivity contribution >= 4 is 40.8 Å². The lowest BCUT2D eigenvalue weighted by molar-refractivity contribution is 1.05. The topological polar surface area (TPSA) is 139 Å². The predicted molar refractivity (Wildman–Crippen MR) is 101 cm³/mol. The zero-order chi connectivity index (χ0) is 18.5. The van der Waals surface area contributed by atoms with Gasteiger partial charge in [0.1, 0.15) is 0 Å². The molecular formula is C17H15ClN8. The molecule has 0 aliphatic heterocycles. The van der Waals surface area contributed by atoms with Gasteiger partial charge in [-0.2, -0.15) is 20.2 Å². The van der Waals surface area contributed by atoms with E-state index < -0.39 is 0 Å². The van der Waals surface area contributed by atoms with Gasteiger partial charge < -0.3 is 22.1 Å². The molecule has 0 radical (unpaired) electrons. The molecule has 3 rings (SSSR count). The van der Waals surface area contributed by atoms with Crippen molar-refractivity contribution in [2.45, 2.75) is 6.54 Å². The van der Waals surface area contributed by atoms with Gasteiger partial charge in [-0.1, -0.05) is 23.7 Å². The Morgan fingerprint density at radius 2 is 1.69 bits per heavy atom. The van der Waals surface area contributed by atoms with Crippen LogP contribution in [0.15, 0.2) is 42.5 Å². The third kappa shape index (κ3) is 3.97. The Kier molecular flexibility index (Phi) is 5.12. The molecular weight excluding hydrogens is 352 g/mol. The smallest absolute Gasteiger partial charge is 0.233 e. The van der Waals surface area contributed by atoms with Crippen molar-refractivity contribution in [3.05, 3.63) is 58.6 Å². The average Bonchev–Trinajstić information content (AvgIpc) is 2.63. The van der Waals surface area contributed by atoms with Crippen molar-refractivity contribution < 1.29 is 0 Å². The summed E-state index contributed by atoms with van der Waals surface area (Å²) in [4.78, 5) is 12.4. The number of hydrogen-bond donors (Lipinski definition) is 4. The quantitative estimate of drug-likeness (QED) is 0.540. The minimum atomic E-state index is 0.0417. The van der Waals surface area contributed by atoms with Crippen LogP contribution in [0.5, 0.6) is 0 Å². The van der Waals surface area contributed by atoms with E-state index in [9.17, 15) is 0 Å². The van der Waals surface area contributed by atoms with E-state index in [-0.39, 0.29) is 17.8 Å². The van der Waals surface area contributed by atoms with E-state index in [1.807, 2.05) is 12.1 Å². The van der Waals surface area contributed by atoms with Crippen LogP contribution in [0, 0.1) is 11.3 Å². The number of para-hydroxylation sites is 1. The summed E-state index contributed by atoms with van der Waals surface area (Å²) in [5, 5.41) is 15.4. The minimum absolute atomic E-state index is 0.0417. The second-order valence-electron chi connectivity index (χ2n) is 5.26. The van der Waals surface area contributed by atoms with Gasteiger partial charge in [0.25, 0.3) is 0 Å². The van der Waals surface area contributed by atoms with E-state index >= 15 is 0 Å². The fraction of sp³-hybridized carbons (Fsp3) is 0.0588. The van der Waals surface area contributed by atoms with Gasteiger partial charge >= 0.3 is 0 Å². The largest absolute Gasteiger partial charge is 0.368 e. The number of rotatable bonds is 5. The van der Waals surface area contributed by atoms with E-state index in [0.29, 0.717) is 28.5 Å². The van der Waals surface area contributed by atoms with Gasteiger partial charge in [-0.3, -0.25) is 0 Å². The highest BCUT2D eigenvalue weighted by molar-refractivity contribution is 6.33. The van der Waals surface area contributed by atoms with Crippen molar-refractivity contribution in [1.82, 2.24) is 15.0 Å². The van der Waals surface area contributed by atoms with Crippen LogP contribution in [0.1, 0.15) is 11.1 Å². The van der Waals surface area contributed by atoms with E-state index in [1.165, 1.54) is 0 Å². The number of benzene rings is 2. The van der Waals surface area contributed by atoms with E-state index in [4.69, 9.17) is 28.3 Å². The molecule has 3 aromatic rings. The number of anilines is 5. The highest BCUT2D eigenvalue weighted by Gasteiger charge is 2.10. The Morgan fingerprint density at radius 3 is 2.35 bits per heavy atom. The fourth-order valence-electron chi connectivity index (χ4n) is 2.25. The predicted octanol–water partition coefficient (Wildman–Crippen LogP) is 2.92. The summed E-state index contributed by atoms with van der Waals surface area (Å²) in [5.41, 5.74) is 14.2. The van der Waals surface area contributed by atoms with E-state index in [2.05, 4.69) is 31.7 Å². The van der Waals surface area contributed by atoms with Gasteiger partial charge in [-0.25, -0.2) is 0 Å². The number of nitrogens with zero attached hydrogens (tertiary/aromatic N) is 4. The van der Waals surface area contributed by atoms with Crippen LogP contribution in [0.3, 0.4) is 0 Å². The van der Waals surface area contributed by atoms with Gasteiger partial charge in [-0.05, 0) is 35.9 Å². The maximum Gasteiger partial charge on any atom is 0.233 e. The van der Waals surface area contributed by atoms with Gasteiger partial charge in [0.15, 0.2) is 0 Å². The molecule has 130 valence electrons. The average molecular weight is 367 g/mol. The first-order valence-corrected chi connectivity index (χ1v) is 8.00. The van der Waals surface area contributed by atoms with Gasteiger partial charge in [-0.15, -0.1) is 0 Å². The summed E-state index contributed by atoms with van der Waals surface area (Å²) in [6.07, 6.45) is 0. The summed E-state index contributed by atoms with van der Waals surface area (Å²) in [6, 6.07) is 14.3. The van der Waals surface area contributed by atoms with Crippen LogP contribution in [-0.4, -0.2) is 15.0 Å². The zero-order valence-corrected chi connectivity index (χ0v) is 14.3. The van der Waals surface area contributed by atoms with Gasteiger partial charge in [0.05, 0.1) is 22.3 Å². The monoisotopic (exact) mass is 366 g/mol. The molecule has 1 aromatic heterocycles. The van der Waals surface area contributed by atoms with E-state index in [1.54, 1.807) is 30.3 Å². The van der Waals surface area contributed by atoms with Crippen molar-refractivity contribution in [3.63, 3.8) is 0 Å². The van der Waals surface area contributed by atoms with Crippen molar-refractivity contribution in [1.29, 1.82) is 5.26 Å². The first-order valence-electron chi connectivity index (χ1n) is 7.62. The Hall–Kier alpha value is -3.41. The molecule has 1 heterocycles. The molecule has 0 atom stereocenters. The molecule has 26 heavy (non-hydrogen) atoms. The third-order valence-corrected chi connectivity index (χ3v) is 3.79. The second-order valence-corrected chi connectivity index (χ2v) is 5.67. The number of nitrogen functional groups attached to an aromatic ring is 1. The molecule has 0 bridgehead atoms. The van der Waals surface area contributed by atoms with E-state index in [0.717, 1.165) is 5.56 Å². The molecule has 0 amide bonds. The molecule has 0 saturated heterocycles. The molecule has 0 unspecified atom stereocenters.